The molecule has 0 aliphatic carbocycles. The summed E-state index contributed by atoms with van der Waals surface area (Å²) >= 11 is 3.46. The van der Waals surface area contributed by atoms with Crippen LogP contribution in [0.3, 0.4) is 0 Å². The van der Waals surface area contributed by atoms with Crippen molar-refractivity contribution in [3.05, 3.63) is 87.5 Å². The zero-order valence-corrected chi connectivity index (χ0v) is 19.7. The van der Waals surface area contributed by atoms with Gasteiger partial charge in [0.25, 0.3) is 0 Å². The maximum absolute atomic E-state index is 6.04. The van der Waals surface area contributed by atoms with E-state index in [4.69, 9.17) is 14.2 Å². The van der Waals surface area contributed by atoms with Crippen molar-refractivity contribution in [2.75, 3.05) is 20.8 Å². The van der Waals surface area contributed by atoms with Gasteiger partial charge in [0.1, 0.15) is 23.9 Å². The second-order valence-corrected chi connectivity index (χ2v) is 8.91. The number of fused-ring (bicyclic) bond motifs is 3. The Bertz CT molecular complexity index is 1250. The average Bonchev–Trinajstić information content (AvgIpc) is 3.21. The molecule has 0 radical (unpaired) electrons. The Labute approximate surface area is 195 Å². The van der Waals surface area contributed by atoms with Crippen LogP contribution in [0.25, 0.3) is 10.9 Å². The van der Waals surface area contributed by atoms with Crippen LogP contribution in [-0.2, 0) is 13.0 Å². The number of H-pyrrole nitrogens is 1. The summed E-state index contributed by atoms with van der Waals surface area (Å²) in [4.78, 5) is 3.67. The van der Waals surface area contributed by atoms with E-state index in [9.17, 15) is 0 Å². The molecule has 3 N–H and O–H groups in total. The third kappa shape index (κ3) is 3.96. The van der Waals surface area contributed by atoms with Crippen LogP contribution in [0.5, 0.6) is 17.2 Å². The minimum atomic E-state index is 0.203. The highest BCUT2D eigenvalue weighted by Gasteiger charge is 2.29. The summed E-state index contributed by atoms with van der Waals surface area (Å²) in [5.74, 6) is 2.56. The molecule has 1 aromatic heterocycles. The van der Waals surface area contributed by atoms with E-state index in [-0.39, 0.29) is 6.04 Å². The summed E-state index contributed by atoms with van der Waals surface area (Å²) in [5, 5.41) is 3.65. The number of hydrogen-bond acceptors (Lipinski definition) is 3. The molecule has 0 unspecified atom stereocenters. The molecule has 6 heteroatoms. The van der Waals surface area contributed by atoms with Crippen molar-refractivity contribution in [2.45, 2.75) is 19.1 Å². The standard InChI is InChI=1S/C26H25BrN2O3/c1-30-20-8-9-23-22(14-20)21-11-12-28-25(26(21)29-23)16-3-10-24(31-2)17(13-16)15-32-19-6-4-18(27)5-7-19/h3-10,13-14,25,28-29H,11-12,15H2,1-2H3/p+1/t25-/m1/s1. The van der Waals surface area contributed by atoms with E-state index in [1.165, 1.54) is 22.2 Å². The fourth-order valence-electron chi connectivity index (χ4n) is 4.52. The molecule has 1 atom stereocenters. The van der Waals surface area contributed by atoms with E-state index < -0.39 is 0 Å². The molecule has 0 bridgehead atoms. The van der Waals surface area contributed by atoms with E-state index >= 15 is 0 Å². The molecule has 3 aromatic carbocycles. The SMILES string of the molecule is COc1ccc2[nH]c3c(c2c1)CC[NH2+][C@@H]3c1ccc(OC)c(COc2ccc(Br)cc2)c1. The summed E-state index contributed by atoms with van der Waals surface area (Å²) in [7, 11) is 3.42. The van der Waals surface area contributed by atoms with Crippen LogP contribution in [0.2, 0.25) is 0 Å². The highest BCUT2D eigenvalue weighted by atomic mass is 79.9. The Morgan fingerprint density at radius 2 is 1.78 bits per heavy atom. The highest BCUT2D eigenvalue weighted by molar-refractivity contribution is 9.10. The molecule has 5 nitrogen and oxygen atoms in total. The number of aromatic nitrogens is 1. The molecule has 2 heterocycles. The van der Waals surface area contributed by atoms with E-state index in [0.29, 0.717) is 6.61 Å². The van der Waals surface area contributed by atoms with Gasteiger partial charge < -0.3 is 24.5 Å². The maximum Gasteiger partial charge on any atom is 0.153 e. The van der Waals surface area contributed by atoms with Gasteiger partial charge in [-0.1, -0.05) is 15.9 Å². The number of nitrogens with two attached hydrogens (primary N) is 1. The van der Waals surface area contributed by atoms with Gasteiger partial charge in [-0.05, 0) is 66.2 Å². The van der Waals surface area contributed by atoms with Gasteiger partial charge in [0.05, 0.1) is 26.5 Å². The van der Waals surface area contributed by atoms with Gasteiger partial charge in [0, 0.05) is 32.9 Å². The van der Waals surface area contributed by atoms with Gasteiger partial charge in [0.2, 0.25) is 0 Å². The van der Waals surface area contributed by atoms with Crippen molar-refractivity contribution < 1.29 is 19.5 Å². The van der Waals surface area contributed by atoms with Crippen LogP contribution in [0.15, 0.2) is 65.1 Å². The fraction of sp³-hybridized carbons (Fsp3) is 0.231. The Balaban J connectivity index is 1.47. The van der Waals surface area contributed by atoms with E-state index in [1.54, 1.807) is 14.2 Å². The van der Waals surface area contributed by atoms with Crippen molar-refractivity contribution in [3.8, 4) is 17.2 Å². The largest absolute Gasteiger partial charge is 0.497 e. The number of quaternary nitrogens is 1. The van der Waals surface area contributed by atoms with Crippen LogP contribution in [0.4, 0.5) is 0 Å². The first-order chi connectivity index (χ1) is 15.7. The van der Waals surface area contributed by atoms with Crippen LogP contribution in [0, 0.1) is 0 Å². The smallest absolute Gasteiger partial charge is 0.153 e. The van der Waals surface area contributed by atoms with Crippen molar-refractivity contribution in [2.24, 2.45) is 0 Å². The van der Waals surface area contributed by atoms with Crippen LogP contribution in [-0.4, -0.2) is 25.7 Å². The number of aromatic amines is 1. The lowest BCUT2D eigenvalue weighted by atomic mass is 9.93. The second-order valence-electron chi connectivity index (χ2n) is 7.99. The molecule has 0 fully saturated rings. The topological polar surface area (TPSA) is 60.1 Å². The van der Waals surface area contributed by atoms with Crippen LogP contribution in [0.1, 0.15) is 28.4 Å². The molecule has 0 saturated carbocycles. The lowest BCUT2D eigenvalue weighted by Gasteiger charge is -2.22. The number of benzene rings is 3. The van der Waals surface area contributed by atoms with Crippen molar-refractivity contribution in [1.29, 1.82) is 0 Å². The lowest BCUT2D eigenvalue weighted by molar-refractivity contribution is -0.690. The van der Waals surface area contributed by atoms with Crippen molar-refractivity contribution in [1.82, 2.24) is 4.98 Å². The van der Waals surface area contributed by atoms with E-state index in [0.717, 1.165) is 45.8 Å². The molecule has 0 spiro atoms. The second kappa shape index (κ2) is 8.88. The molecular weight excluding hydrogens is 468 g/mol. The predicted octanol–water partition coefficient (Wildman–Crippen LogP) is 4.74. The molecule has 0 saturated heterocycles. The molecule has 5 rings (SSSR count). The highest BCUT2D eigenvalue weighted by Crippen LogP contribution is 2.34. The summed E-state index contributed by atoms with van der Waals surface area (Å²) < 4.78 is 18.1. The zero-order chi connectivity index (χ0) is 22.1. The molecule has 1 aliphatic rings. The number of nitrogens with one attached hydrogen (secondary N) is 1. The minimum Gasteiger partial charge on any atom is -0.497 e. The first kappa shape index (κ1) is 20.9. The summed E-state index contributed by atoms with van der Waals surface area (Å²) in [6, 6.07) is 20.7. The molecule has 1 aliphatic heterocycles. The lowest BCUT2D eigenvalue weighted by Crippen LogP contribution is -2.87. The number of ether oxygens (including phenoxy) is 3. The van der Waals surface area contributed by atoms with Crippen LogP contribution < -0.4 is 19.5 Å². The molecule has 0 amide bonds. The number of rotatable bonds is 6. The van der Waals surface area contributed by atoms with Gasteiger partial charge in [0.15, 0.2) is 6.04 Å². The Morgan fingerprint density at radius 3 is 2.56 bits per heavy atom. The third-order valence-electron chi connectivity index (χ3n) is 6.13. The summed E-state index contributed by atoms with van der Waals surface area (Å²) in [6.45, 7) is 1.49. The predicted molar refractivity (Wildman–Crippen MR) is 129 cm³/mol. The normalized spacial score (nSPS) is 15.4. The average molecular weight is 494 g/mol. The summed E-state index contributed by atoms with van der Waals surface area (Å²) in [5.41, 5.74) is 6.08. The molecule has 32 heavy (non-hydrogen) atoms. The Kier molecular flexibility index (Phi) is 5.81. The Hall–Kier alpha value is -2.96. The van der Waals surface area contributed by atoms with Gasteiger partial charge in [-0.25, -0.2) is 0 Å². The number of halogens is 1. The monoisotopic (exact) mass is 493 g/mol. The van der Waals surface area contributed by atoms with E-state index in [2.05, 4.69) is 50.5 Å². The van der Waals surface area contributed by atoms with Crippen molar-refractivity contribution >= 4 is 26.8 Å². The van der Waals surface area contributed by atoms with Gasteiger partial charge in [-0.15, -0.1) is 0 Å². The summed E-state index contributed by atoms with van der Waals surface area (Å²) in [6.07, 6.45) is 1.04. The van der Waals surface area contributed by atoms with Gasteiger partial charge >= 0.3 is 0 Å². The molecule has 164 valence electrons. The molecular formula is C26H26BrN2O3+. The van der Waals surface area contributed by atoms with Crippen molar-refractivity contribution in [3.63, 3.8) is 0 Å². The fourth-order valence-corrected chi connectivity index (χ4v) is 4.79. The van der Waals surface area contributed by atoms with Gasteiger partial charge in [-0.3, -0.25) is 0 Å². The third-order valence-corrected chi connectivity index (χ3v) is 6.65. The first-order valence-corrected chi connectivity index (χ1v) is 11.5. The Morgan fingerprint density at radius 1 is 0.969 bits per heavy atom. The number of methoxy groups -OCH3 is 2. The minimum absolute atomic E-state index is 0.203. The zero-order valence-electron chi connectivity index (χ0n) is 18.2. The van der Waals surface area contributed by atoms with Crippen LogP contribution >= 0.6 is 15.9 Å². The molecule has 4 aromatic rings. The number of hydrogen-bond donors (Lipinski definition) is 2. The maximum atomic E-state index is 6.04. The first-order valence-electron chi connectivity index (χ1n) is 10.7. The van der Waals surface area contributed by atoms with Gasteiger partial charge in [-0.2, -0.15) is 0 Å². The quantitative estimate of drug-likeness (QED) is 0.407. The van der Waals surface area contributed by atoms with E-state index in [1.807, 2.05) is 36.4 Å².